The predicted molar refractivity (Wildman–Crippen MR) is 117 cm³/mol. The first-order valence-corrected chi connectivity index (χ1v) is 10.1. The van der Waals surface area contributed by atoms with E-state index in [1.54, 1.807) is 36.1 Å². The molecular formula is C24H27N3O3. The number of ketones is 1. The summed E-state index contributed by atoms with van der Waals surface area (Å²) in [5, 5.41) is 2.75. The maximum atomic E-state index is 12.6. The van der Waals surface area contributed by atoms with Crippen LogP contribution in [-0.4, -0.2) is 53.6 Å². The maximum Gasteiger partial charge on any atom is 0.251 e. The van der Waals surface area contributed by atoms with E-state index < -0.39 is 0 Å². The zero-order chi connectivity index (χ0) is 21.5. The highest BCUT2D eigenvalue weighted by atomic mass is 16.2. The summed E-state index contributed by atoms with van der Waals surface area (Å²) in [6.07, 6.45) is 1.39. The molecule has 0 spiro atoms. The number of amides is 2. The molecule has 156 valence electrons. The van der Waals surface area contributed by atoms with Crippen LogP contribution in [0.25, 0.3) is 0 Å². The Hall–Kier alpha value is -3.25. The molecule has 3 rings (SSSR count). The number of Topliss-reactive ketones (excluding diaryl/α,β-unsaturated/α-hetero) is 1. The lowest BCUT2D eigenvalue weighted by atomic mass is 10.1. The Morgan fingerprint density at radius 2 is 1.53 bits per heavy atom. The quantitative estimate of drug-likeness (QED) is 0.592. The highest BCUT2D eigenvalue weighted by molar-refractivity contribution is 6.07. The summed E-state index contributed by atoms with van der Waals surface area (Å²) < 4.78 is 0. The molecule has 30 heavy (non-hydrogen) atoms. The predicted octanol–water partition coefficient (Wildman–Crippen LogP) is 3.12. The van der Waals surface area contributed by atoms with Crippen molar-refractivity contribution < 1.29 is 14.4 Å². The molecular weight excluding hydrogens is 378 g/mol. The van der Waals surface area contributed by atoms with E-state index in [0.29, 0.717) is 29.9 Å². The van der Waals surface area contributed by atoms with Crippen LogP contribution in [0.15, 0.2) is 66.2 Å². The number of piperazine rings is 1. The zero-order valence-corrected chi connectivity index (χ0v) is 17.4. The SMILES string of the molecule is CC(=O)c1ccc(NC(=O)/C(C)=C\C(=O)N2CCN(Cc3ccccc3)CC2)cc1. The van der Waals surface area contributed by atoms with Gasteiger partial charge in [0, 0.05) is 55.6 Å². The molecule has 0 atom stereocenters. The number of benzene rings is 2. The van der Waals surface area contributed by atoms with Crippen LogP contribution in [0.1, 0.15) is 29.8 Å². The van der Waals surface area contributed by atoms with E-state index in [9.17, 15) is 14.4 Å². The topological polar surface area (TPSA) is 69.7 Å². The molecule has 1 N–H and O–H groups in total. The number of carbonyl (C=O) groups excluding carboxylic acids is 3. The molecule has 0 saturated carbocycles. The van der Waals surface area contributed by atoms with Crippen molar-refractivity contribution in [2.75, 3.05) is 31.5 Å². The van der Waals surface area contributed by atoms with Crippen LogP contribution in [0.5, 0.6) is 0 Å². The Kier molecular flexibility index (Phi) is 7.14. The van der Waals surface area contributed by atoms with Gasteiger partial charge in [0.05, 0.1) is 0 Å². The number of carbonyl (C=O) groups is 3. The molecule has 1 heterocycles. The molecule has 1 aliphatic heterocycles. The summed E-state index contributed by atoms with van der Waals surface area (Å²) in [4.78, 5) is 40.4. The molecule has 0 unspecified atom stereocenters. The molecule has 6 heteroatoms. The molecule has 0 aromatic heterocycles. The van der Waals surface area contributed by atoms with E-state index in [4.69, 9.17) is 0 Å². The first-order chi connectivity index (χ1) is 14.4. The molecule has 2 amide bonds. The normalized spacial score (nSPS) is 15.0. The van der Waals surface area contributed by atoms with Gasteiger partial charge >= 0.3 is 0 Å². The minimum absolute atomic E-state index is 0.0292. The van der Waals surface area contributed by atoms with Crippen LogP contribution < -0.4 is 5.32 Å². The summed E-state index contributed by atoms with van der Waals surface area (Å²) in [5.41, 5.74) is 2.78. The first-order valence-electron chi connectivity index (χ1n) is 10.1. The van der Waals surface area contributed by atoms with Crippen LogP contribution >= 0.6 is 0 Å². The van der Waals surface area contributed by atoms with Crippen molar-refractivity contribution in [2.45, 2.75) is 20.4 Å². The molecule has 2 aromatic rings. The van der Waals surface area contributed by atoms with Gasteiger partial charge in [-0.2, -0.15) is 0 Å². The van der Waals surface area contributed by atoms with Gasteiger partial charge in [0.25, 0.3) is 5.91 Å². The van der Waals surface area contributed by atoms with Gasteiger partial charge in [-0.3, -0.25) is 19.3 Å². The third-order valence-electron chi connectivity index (χ3n) is 5.18. The van der Waals surface area contributed by atoms with Crippen molar-refractivity contribution in [1.82, 2.24) is 9.80 Å². The molecule has 0 aliphatic carbocycles. The summed E-state index contributed by atoms with van der Waals surface area (Å²) in [5.74, 6) is -0.506. The summed E-state index contributed by atoms with van der Waals surface area (Å²) >= 11 is 0. The van der Waals surface area contributed by atoms with E-state index in [0.717, 1.165) is 19.6 Å². The third-order valence-corrected chi connectivity index (χ3v) is 5.18. The second kappa shape index (κ2) is 9.98. The number of rotatable bonds is 6. The highest BCUT2D eigenvalue weighted by Gasteiger charge is 2.20. The van der Waals surface area contributed by atoms with Gasteiger partial charge < -0.3 is 10.2 Å². The lowest BCUT2D eigenvalue weighted by Gasteiger charge is -2.34. The molecule has 1 aliphatic rings. The highest BCUT2D eigenvalue weighted by Crippen LogP contribution is 2.12. The summed E-state index contributed by atoms with van der Waals surface area (Å²) in [6, 6.07) is 17.0. The van der Waals surface area contributed by atoms with E-state index in [-0.39, 0.29) is 17.6 Å². The van der Waals surface area contributed by atoms with Crippen LogP contribution in [0.4, 0.5) is 5.69 Å². The molecule has 0 radical (unpaired) electrons. The molecule has 1 fully saturated rings. The van der Waals surface area contributed by atoms with Gasteiger partial charge in [0.15, 0.2) is 5.78 Å². The molecule has 6 nitrogen and oxygen atoms in total. The summed E-state index contributed by atoms with van der Waals surface area (Å²) in [6.45, 7) is 6.90. The van der Waals surface area contributed by atoms with Gasteiger partial charge in [-0.1, -0.05) is 30.3 Å². The Balaban J connectivity index is 1.50. The minimum atomic E-state index is -0.332. The van der Waals surface area contributed by atoms with Gasteiger partial charge in [-0.15, -0.1) is 0 Å². The second-order valence-electron chi connectivity index (χ2n) is 7.50. The zero-order valence-electron chi connectivity index (χ0n) is 17.4. The monoisotopic (exact) mass is 405 g/mol. The van der Waals surface area contributed by atoms with E-state index in [1.807, 2.05) is 18.2 Å². The second-order valence-corrected chi connectivity index (χ2v) is 7.50. The maximum absolute atomic E-state index is 12.6. The number of hydrogen-bond acceptors (Lipinski definition) is 4. The van der Waals surface area contributed by atoms with E-state index in [2.05, 4.69) is 22.3 Å². The van der Waals surface area contributed by atoms with Crippen LogP contribution in [-0.2, 0) is 16.1 Å². The average Bonchev–Trinajstić information content (AvgIpc) is 2.75. The minimum Gasteiger partial charge on any atom is -0.337 e. The standard InChI is InChI=1S/C24H27N3O3/c1-18(24(30)25-22-10-8-21(9-11-22)19(2)28)16-23(29)27-14-12-26(13-15-27)17-20-6-4-3-5-7-20/h3-11,16H,12-15,17H2,1-2H3,(H,25,30)/b18-16-. The van der Waals surface area contributed by atoms with Crippen molar-refractivity contribution in [3.8, 4) is 0 Å². The lowest BCUT2D eigenvalue weighted by Crippen LogP contribution is -2.47. The van der Waals surface area contributed by atoms with Crippen molar-refractivity contribution in [3.63, 3.8) is 0 Å². The van der Waals surface area contributed by atoms with Crippen LogP contribution in [0, 0.1) is 0 Å². The summed E-state index contributed by atoms with van der Waals surface area (Å²) in [7, 11) is 0. The average molecular weight is 405 g/mol. The molecule has 0 bridgehead atoms. The Labute approximate surface area is 177 Å². The largest absolute Gasteiger partial charge is 0.337 e. The van der Waals surface area contributed by atoms with Crippen molar-refractivity contribution in [2.24, 2.45) is 0 Å². The van der Waals surface area contributed by atoms with Gasteiger partial charge in [0.2, 0.25) is 5.91 Å². The van der Waals surface area contributed by atoms with Crippen molar-refractivity contribution >= 4 is 23.3 Å². The Bertz CT molecular complexity index is 928. The fraction of sp³-hybridized carbons (Fsp3) is 0.292. The third kappa shape index (κ3) is 5.87. The Morgan fingerprint density at radius 3 is 2.13 bits per heavy atom. The number of hydrogen-bond donors (Lipinski definition) is 1. The van der Waals surface area contributed by atoms with E-state index >= 15 is 0 Å². The van der Waals surface area contributed by atoms with Crippen molar-refractivity contribution in [1.29, 1.82) is 0 Å². The van der Waals surface area contributed by atoms with Crippen LogP contribution in [0.2, 0.25) is 0 Å². The van der Waals surface area contributed by atoms with Crippen LogP contribution in [0.3, 0.4) is 0 Å². The number of nitrogens with one attached hydrogen (secondary N) is 1. The lowest BCUT2D eigenvalue weighted by molar-refractivity contribution is -0.128. The molecule has 2 aromatic carbocycles. The fourth-order valence-electron chi connectivity index (χ4n) is 3.33. The smallest absolute Gasteiger partial charge is 0.251 e. The Morgan fingerprint density at radius 1 is 0.900 bits per heavy atom. The number of anilines is 1. The number of nitrogens with zero attached hydrogens (tertiary/aromatic N) is 2. The first kappa shape index (κ1) is 21.5. The van der Waals surface area contributed by atoms with Gasteiger partial charge in [0.1, 0.15) is 0 Å². The van der Waals surface area contributed by atoms with E-state index in [1.165, 1.54) is 18.6 Å². The van der Waals surface area contributed by atoms with Crippen molar-refractivity contribution in [3.05, 3.63) is 77.4 Å². The fourth-order valence-corrected chi connectivity index (χ4v) is 3.33. The van der Waals surface area contributed by atoms with Gasteiger partial charge in [-0.05, 0) is 43.7 Å². The van der Waals surface area contributed by atoms with Gasteiger partial charge in [-0.25, -0.2) is 0 Å². The molecule has 1 saturated heterocycles.